The van der Waals surface area contributed by atoms with Gasteiger partial charge in [-0.05, 0) is 35.6 Å². The van der Waals surface area contributed by atoms with E-state index in [2.05, 4.69) is 18.2 Å². The molecule has 3 N–H and O–H groups in total. The van der Waals surface area contributed by atoms with Crippen molar-refractivity contribution in [3.8, 4) is 0 Å². The molecular weight excluding hydrogens is 210 g/mol. The van der Waals surface area contributed by atoms with Crippen molar-refractivity contribution >= 4 is 10.8 Å². The first-order valence-electron chi connectivity index (χ1n) is 6.16. The molecule has 0 aliphatic heterocycles. The van der Waals surface area contributed by atoms with Crippen LogP contribution in [0.15, 0.2) is 42.5 Å². The maximum atomic E-state index is 10.4. The summed E-state index contributed by atoms with van der Waals surface area (Å²) >= 11 is 0. The third-order valence-corrected chi connectivity index (χ3v) is 3.96. The van der Waals surface area contributed by atoms with Crippen molar-refractivity contribution in [1.29, 1.82) is 0 Å². The van der Waals surface area contributed by atoms with Crippen LogP contribution < -0.4 is 5.73 Å². The lowest BCUT2D eigenvalue weighted by Crippen LogP contribution is -2.46. The fourth-order valence-corrected chi connectivity index (χ4v) is 2.66. The van der Waals surface area contributed by atoms with E-state index < -0.39 is 5.60 Å². The Kier molecular flexibility index (Phi) is 2.42. The second-order valence-corrected chi connectivity index (χ2v) is 5.00. The molecule has 1 saturated carbocycles. The van der Waals surface area contributed by atoms with Gasteiger partial charge in [0.05, 0.1) is 11.6 Å². The third kappa shape index (κ3) is 1.65. The molecule has 3 rings (SSSR count). The second kappa shape index (κ2) is 3.83. The number of rotatable bonds is 2. The Bertz CT molecular complexity index is 540. The van der Waals surface area contributed by atoms with Crippen LogP contribution in [0, 0.1) is 0 Å². The summed E-state index contributed by atoms with van der Waals surface area (Å²) in [5.41, 5.74) is 6.62. The maximum Gasteiger partial charge on any atom is 0.0839 e. The Morgan fingerprint density at radius 3 is 2.47 bits per heavy atom. The van der Waals surface area contributed by atoms with Gasteiger partial charge in [0.1, 0.15) is 0 Å². The van der Waals surface area contributed by atoms with Crippen molar-refractivity contribution in [3.63, 3.8) is 0 Å². The van der Waals surface area contributed by atoms with Gasteiger partial charge < -0.3 is 10.8 Å². The first-order chi connectivity index (χ1) is 8.21. The largest absolute Gasteiger partial charge is 0.388 e. The van der Waals surface area contributed by atoms with Crippen LogP contribution in [-0.4, -0.2) is 10.7 Å². The minimum absolute atomic E-state index is 0.276. The van der Waals surface area contributed by atoms with E-state index in [1.54, 1.807) is 0 Å². The summed E-state index contributed by atoms with van der Waals surface area (Å²) in [5.74, 6) is 0. The van der Waals surface area contributed by atoms with Crippen LogP contribution in [0.3, 0.4) is 0 Å². The van der Waals surface area contributed by atoms with Crippen molar-refractivity contribution < 1.29 is 5.11 Å². The van der Waals surface area contributed by atoms with E-state index >= 15 is 0 Å². The normalized spacial score (nSPS) is 19.9. The van der Waals surface area contributed by atoms with Crippen LogP contribution >= 0.6 is 0 Å². The molecular formula is C15H17NO. The van der Waals surface area contributed by atoms with Gasteiger partial charge in [0.15, 0.2) is 0 Å². The standard InChI is InChI=1S/C15H17NO/c16-14(15(17)9-4-10-15)13-8-3-6-11-5-1-2-7-12(11)13/h1-3,5-8,14,17H,4,9-10,16H2. The average Bonchev–Trinajstić information content (AvgIpc) is 2.34. The summed E-state index contributed by atoms with van der Waals surface area (Å²) in [6, 6.07) is 14.0. The molecule has 2 aromatic carbocycles. The summed E-state index contributed by atoms with van der Waals surface area (Å²) in [6.45, 7) is 0. The first kappa shape index (κ1) is 10.8. The molecule has 2 aromatic rings. The predicted molar refractivity (Wildman–Crippen MR) is 69.7 cm³/mol. The van der Waals surface area contributed by atoms with E-state index in [9.17, 15) is 5.11 Å². The quantitative estimate of drug-likeness (QED) is 0.828. The fourth-order valence-electron chi connectivity index (χ4n) is 2.66. The van der Waals surface area contributed by atoms with Gasteiger partial charge in [-0.1, -0.05) is 42.5 Å². The Morgan fingerprint density at radius 2 is 1.76 bits per heavy atom. The highest BCUT2D eigenvalue weighted by atomic mass is 16.3. The summed E-state index contributed by atoms with van der Waals surface area (Å²) in [7, 11) is 0. The zero-order chi connectivity index (χ0) is 11.9. The van der Waals surface area contributed by atoms with Gasteiger partial charge in [-0.25, -0.2) is 0 Å². The summed E-state index contributed by atoms with van der Waals surface area (Å²) in [6.07, 6.45) is 2.71. The molecule has 2 heteroatoms. The van der Waals surface area contributed by atoms with Crippen LogP contribution in [-0.2, 0) is 0 Å². The van der Waals surface area contributed by atoms with E-state index in [0.717, 1.165) is 30.2 Å². The molecule has 0 radical (unpaired) electrons. The number of hydrogen-bond donors (Lipinski definition) is 2. The van der Waals surface area contributed by atoms with Gasteiger partial charge in [0.2, 0.25) is 0 Å². The van der Waals surface area contributed by atoms with Crippen LogP contribution in [0.25, 0.3) is 10.8 Å². The van der Waals surface area contributed by atoms with Gasteiger partial charge in [-0.2, -0.15) is 0 Å². The summed E-state index contributed by atoms with van der Waals surface area (Å²) in [5, 5.41) is 12.7. The molecule has 1 aliphatic rings. The molecule has 1 unspecified atom stereocenters. The number of nitrogens with two attached hydrogens (primary N) is 1. The van der Waals surface area contributed by atoms with Crippen molar-refractivity contribution in [1.82, 2.24) is 0 Å². The van der Waals surface area contributed by atoms with Crippen molar-refractivity contribution in [2.45, 2.75) is 30.9 Å². The minimum atomic E-state index is -0.690. The average molecular weight is 227 g/mol. The molecule has 88 valence electrons. The highest BCUT2D eigenvalue weighted by Gasteiger charge is 2.41. The SMILES string of the molecule is NC(c1cccc2ccccc12)C1(O)CCC1. The molecule has 1 fully saturated rings. The number of fused-ring (bicyclic) bond motifs is 1. The topological polar surface area (TPSA) is 46.2 Å². The van der Waals surface area contributed by atoms with Crippen LogP contribution in [0.5, 0.6) is 0 Å². The monoisotopic (exact) mass is 227 g/mol. The Labute approximate surface area is 101 Å². The van der Waals surface area contributed by atoms with Crippen LogP contribution in [0.1, 0.15) is 30.9 Å². The lowest BCUT2D eigenvalue weighted by molar-refractivity contribution is -0.0556. The Balaban J connectivity index is 2.11. The molecule has 0 spiro atoms. The van der Waals surface area contributed by atoms with Gasteiger partial charge in [-0.15, -0.1) is 0 Å². The number of aliphatic hydroxyl groups is 1. The fraction of sp³-hybridized carbons (Fsp3) is 0.333. The molecule has 0 bridgehead atoms. The van der Waals surface area contributed by atoms with Crippen LogP contribution in [0.4, 0.5) is 0 Å². The first-order valence-corrected chi connectivity index (χ1v) is 6.16. The molecule has 17 heavy (non-hydrogen) atoms. The highest BCUT2D eigenvalue weighted by Crippen LogP contribution is 2.42. The minimum Gasteiger partial charge on any atom is -0.388 e. The van der Waals surface area contributed by atoms with E-state index in [4.69, 9.17) is 5.73 Å². The van der Waals surface area contributed by atoms with E-state index in [0.29, 0.717) is 0 Å². The smallest absolute Gasteiger partial charge is 0.0839 e. The molecule has 0 heterocycles. The summed E-state index contributed by atoms with van der Waals surface area (Å²) < 4.78 is 0. The molecule has 0 aromatic heterocycles. The Morgan fingerprint density at radius 1 is 1.06 bits per heavy atom. The zero-order valence-corrected chi connectivity index (χ0v) is 9.76. The number of hydrogen-bond acceptors (Lipinski definition) is 2. The molecule has 2 nitrogen and oxygen atoms in total. The molecule has 0 saturated heterocycles. The van der Waals surface area contributed by atoms with Gasteiger partial charge in [-0.3, -0.25) is 0 Å². The summed E-state index contributed by atoms with van der Waals surface area (Å²) in [4.78, 5) is 0. The lowest BCUT2D eigenvalue weighted by Gasteiger charge is -2.42. The van der Waals surface area contributed by atoms with Crippen molar-refractivity contribution in [2.75, 3.05) is 0 Å². The zero-order valence-electron chi connectivity index (χ0n) is 9.76. The number of benzene rings is 2. The van der Waals surface area contributed by atoms with Gasteiger partial charge in [0.25, 0.3) is 0 Å². The third-order valence-electron chi connectivity index (χ3n) is 3.96. The van der Waals surface area contributed by atoms with Gasteiger partial charge in [0, 0.05) is 0 Å². The Hall–Kier alpha value is -1.38. The maximum absolute atomic E-state index is 10.4. The van der Waals surface area contributed by atoms with Crippen molar-refractivity contribution in [2.24, 2.45) is 5.73 Å². The molecule has 1 atom stereocenters. The molecule has 1 aliphatic carbocycles. The van der Waals surface area contributed by atoms with Crippen LogP contribution in [0.2, 0.25) is 0 Å². The second-order valence-electron chi connectivity index (χ2n) is 5.00. The van der Waals surface area contributed by atoms with E-state index in [1.165, 1.54) is 5.39 Å². The molecule has 0 amide bonds. The van der Waals surface area contributed by atoms with Gasteiger partial charge >= 0.3 is 0 Å². The lowest BCUT2D eigenvalue weighted by atomic mass is 9.72. The van der Waals surface area contributed by atoms with Crippen molar-refractivity contribution in [3.05, 3.63) is 48.0 Å². The van der Waals surface area contributed by atoms with E-state index in [1.807, 2.05) is 24.3 Å². The predicted octanol–water partition coefficient (Wildman–Crippen LogP) is 2.75. The highest BCUT2D eigenvalue weighted by molar-refractivity contribution is 5.86. The van der Waals surface area contributed by atoms with E-state index in [-0.39, 0.29) is 6.04 Å².